The maximum absolute atomic E-state index is 12.2. The lowest BCUT2D eigenvalue weighted by atomic mass is 9.42. The van der Waals surface area contributed by atoms with Crippen molar-refractivity contribution in [1.29, 1.82) is 0 Å². The van der Waals surface area contributed by atoms with Crippen LogP contribution in [0.4, 0.5) is 0 Å². The highest BCUT2D eigenvalue weighted by molar-refractivity contribution is 5.27. The number of rotatable bonds is 2. The van der Waals surface area contributed by atoms with E-state index in [4.69, 9.17) is 4.74 Å². The van der Waals surface area contributed by atoms with Crippen LogP contribution in [0.2, 0.25) is 0 Å². The Hall–Kier alpha value is -0.200. The zero-order chi connectivity index (χ0) is 17.7. The zero-order valence-corrected chi connectivity index (χ0v) is 15.6. The lowest BCUT2D eigenvalue weighted by Gasteiger charge is -2.68. The molecule has 26 heavy (non-hydrogen) atoms. The van der Waals surface area contributed by atoms with E-state index in [2.05, 4.69) is 4.90 Å². The van der Waals surface area contributed by atoms with Crippen LogP contribution in [0.25, 0.3) is 0 Å². The first-order valence-corrected chi connectivity index (χ1v) is 11.0. The van der Waals surface area contributed by atoms with E-state index >= 15 is 0 Å². The van der Waals surface area contributed by atoms with Gasteiger partial charge in [0.15, 0.2) is 0 Å². The van der Waals surface area contributed by atoms with Crippen LogP contribution in [0.5, 0.6) is 0 Å². The second-order valence-corrected chi connectivity index (χ2v) is 10.3. The molecule has 2 aliphatic heterocycles. The van der Waals surface area contributed by atoms with E-state index in [9.17, 15) is 15.3 Å². The summed E-state index contributed by atoms with van der Waals surface area (Å²) >= 11 is 0. The summed E-state index contributed by atoms with van der Waals surface area (Å²) < 4.78 is 6.39. The standard InChI is InChI=1S/C21H33NO4/c23-14-5-4-13-10-16-21(25)7-6-15(24)19-20(21,17(13)18(14)26-19)8-9-22(16)11-12-2-1-3-12/h12-19,23-25H,1-11H2/t13?,14?,15-,16+,17?,18?,19-,20-,21+/m0/s1. The third-order valence-electron chi connectivity index (χ3n) is 9.51. The molecule has 9 atom stereocenters. The Morgan fingerprint density at radius 3 is 2.62 bits per heavy atom. The molecule has 0 aromatic carbocycles. The van der Waals surface area contributed by atoms with Gasteiger partial charge in [0.05, 0.1) is 30.0 Å². The lowest BCUT2D eigenvalue weighted by Crippen LogP contribution is -2.77. The molecule has 1 spiro atoms. The first kappa shape index (κ1) is 16.7. The lowest BCUT2D eigenvalue weighted by molar-refractivity contribution is -0.273. The molecule has 146 valence electrons. The molecule has 2 heterocycles. The maximum Gasteiger partial charge on any atom is 0.0927 e. The fourth-order valence-corrected chi connectivity index (χ4v) is 8.24. The monoisotopic (exact) mass is 363 g/mol. The number of hydrogen-bond acceptors (Lipinski definition) is 5. The predicted octanol–water partition coefficient (Wildman–Crippen LogP) is 1.29. The molecule has 5 heteroatoms. The molecule has 6 aliphatic rings. The summed E-state index contributed by atoms with van der Waals surface area (Å²) in [5, 5.41) is 33.6. The van der Waals surface area contributed by atoms with Crippen LogP contribution < -0.4 is 0 Å². The van der Waals surface area contributed by atoms with Gasteiger partial charge in [0.1, 0.15) is 0 Å². The van der Waals surface area contributed by atoms with Crippen molar-refractivity contribution < 1.29 is 20.1 Å². The van der Waals surface area contributed by atoms with Gasteiger partial charge in [0.2, 0.25) is 0 Å². The van der Waals surface area contributed by atoms with E-state index < -0.39 is 17.8 Å². The van der Waals surface area contributed by atoms with Crippen LogP contribution in [0.15, 0.2) is 0 Å². The molecule has 2 saturated heterocycles. The van der Waals surface area contributed by atoms with Gasteiger partial charge in [0, 0.05) is 23.9 Å². The molecule has 3 N–H and O–H groups in total. The minimum absolute atomic E-state index is 0.183. The number of aliphatic hydroxyl groups excluding tert-OH is 2. The summed E-state index contributed by atoms with van der Waals surface area (Å²) in [5.74, 6) is 1.56. The van der Waals surface area contributed by atoms with Gasteiger partial charge in [-0.05, 0) is 69.7 Å². The highest BCUT2D eigenvalue weighted by atomic mass is 16.5. The fourth-order valence-electron chi connectivity index (χ4n) is 8.24. The highest BCUT2D eigenvalue weighted by Gasteiger charge is 2.77. The summed E-state index contributed by atoms with van der Waals surface area (Å²) in [7, 11) is 0. The number of hydrogen-bond donors (Lipinski definition) is 3. The second-order valence-electron chi connectivity index (χ2n) is 10.3. The van der Waals surface area contributed by atoms with Gasteiger partial charge < -0.3 is 20.1 Å². The van der Waals surface area contributed by atoms with Crippen LogP contribution in [0.1, 0.15) is 57.8 Å². The van der Waals surface area contributed by atoms with E-state index in [0.717, 1.165) is 44.7 Å². The van der Waals surface area contributed by atoms with Gasteiger partial charge in [-0.2, -0.15) is 0 Å². The van der Waals surface area contributed by atoms with E-state index in [1.165, 1.54) is 19.3 Å². The van der Waals surface area contributed by atoms with E-state index in [1.54, 1.807) is 0 Å². The molecule has 4 aliphatic carbocycles. The Morgan fingerprint density at radius 2 is 1.85 bits per heavy atom. The quantitative estimate of drug-likeness (QED) is 0.690. The van der Waals surface area contributed by atoms with E-state index in [-0.39, 0.29) is 29.6 Å². The molecular weight excluding hydrogens is 330 g/mol. The minimum atomic E-state index is -0.758. The van der Waals surface area contributed by atoms with Crippen LogP contribution in [0, 0.1) is 23.2 Å². The maximum atomic E-state index is 12.2. The van der Waals surface area contributed by atoms with Crippen LogP contribution in [0.3, 0.4) is 0 Å². The molecule has 0 radical (unpaired) electrons. The summed E-state index contributed by atoms with van der Waals surface area (Å²) in [4.78, 5) is 2.61. The first-order valence-electron chi connectivity index (χ1n) is 11.0. The van der Waals surface area contributed by atoms with E-state index in [1.807, 2.05) is 0 Å². The van der Waals surface area contributed by atoms with Gasteiger partial charge in [0.25, 0.3) is 0 Å². The number of nitrogens with zero attached hydrogens (tertiary/aromatic N) is 1. The molecule has 5 nitrogen and oxygen atoms in total. The fraction of sp³-hybridized carbons (Fsp3) is 1.00. The average Bonchev–Trinajstić information content (AvgIpc) is 2.93. The predicted molar refractivity (Wildman–Crippen MR) is 95.4 cm³/mol. The van der Waals surface area contributed by atoms with E-state index in [0.29, 0.717) is 18.8 Å². The molecule has 0 amide bonds. The van der Waals surface area contributed by atoms with Crippen molar-refractivity contribution in [3.8, 4) is 0 Å². The molecule has 6 fully saturated rings. The van der Waals surface area contributed by atoms with Gasteiger partial charge >= 0.3 is 0 Å². The normalized spacial score (nSPS) is 59.0. The Kier molecular flexibility index (Phi) is 3.50. The third-order valence-corrected chi connectivity index (χ3v) is 9.51. The molecular formula is C21H33NO4. The third kappa shape index (κ3) is 1.85. The summed E-state index contributed by atoms with van der Waals surface area (Å²) in [5.41, 5.74) is -1.10. The topological polar surface area (TPSA) is 73.2 Å². The van der Waals surface area contributed by atoms with Crippen LogP contribution in [-0.2, 0) is 4.74 Å². The molecule has 0 aromatic heterocycles. The summed E-state index contributed by atoms with van der Waals surface area (Å²) in [6.07, 6.45) is 7.77. The van der Waals surface area contributed by atoms with Crippen molar-refractivity contribution >= 4 is 0 Å². The zero-order valence-electron chi connectivity index (χ0n) is 15.6. The SMILES string of the molecule is OC1CCC2C[C@H]3N(CC4CCC4)CC[C@]45C2C1O[C@H]4[C@@H](O)CC[C@@]35O. The smallest absolute Gasteiger partial charge is 0.0927 e. The summed E-state index contributed by atoms with van der Waals surface area (Å²) in [6, 6.07) is 0.214. The number of piperidine rings is 1. The number of likely N-dealkylation sites (tertiary alicyclic amines) is 1. The van der Waals surface area contributed by atoms with Gasteiger partial charge in [-0.3, -0.25) is 4.90 Å². The minimum Gasteiger partial charge on any atom is -0.390 e. The second kappa shape index (κ2) is 5.44. The molecule has 6 rings (SSSR count). The Morgan fingerprint density at radius 1 is 1.00 bits per heavy atom. The van der Waals surface area contributed by atoms with Crippen molar-refractivity contribution in [3.05, 3.63) is 0 Å². The van der Waals surface area contributed by atoms with Crippen LogP contribution >= 0.6 is 0 Å². The Balaban J connectivity index is 1.43. The van der Waals surface area contributed by atoms with Gasteiger partial charge in [-0.25, -0.2) is 0 Å². The average molecular weight is 363 g/mol. The Bertz CT molecular complexity index is 597. The number of ether oxygens (including phenoxy) is 1. The number of aliphatic hydroxyl groups is 3. The summed E-state index contributed by atoms with van der Waals surface area (Å²) in [6.45, 7) is 2.16. The van der Waals surface area contributed by atoms with Crippen molar-refractivity contribution in [2.24, 2.45) is 23.2 Å². The molecule has 2 bridgehead atoms. The van der Waals surface area contributed by atoms with Gasteiger partial charge in [-0.15, -0.1) is 0 Å². The Labute approximate surface area is 155 Å². The largest absolute Gasteiger partial charge is 0.390 e. The van der Waals surface area contributed by atoms with Crippen molar-refractivity contribution in [2.45, 2.75) is 93.8 Å². The van der Waals surface area contributed by atoms with Crippen molar-refractivity contribution in [2.75, 3.05) is 13.1 Å². The van der Waals surface area contributed by atoms with Crippen molar-refractivity contribution in [1.82, 2.24) is 4.90 Å². The first-order chi connectivity index (χ1) is 12.5. The molecule has 4 saturated carbocycles. The highest BCUT2D eigenvalue weighted by Crippen LogP contribution is 2.69. The van der Waals surface area contributed by atoms with Crippen molar-refractivity contribution in [3.63, 3.8) is 0 Å². The van der Waals surface area contributed by atoms with Gasteiger partial charge in [-0.1, -0.05) is 6.42 Å². The van der Waals surface area contributed by atoms with Crippen LogP contribution in [-0.4, -0.2) is 69.4 Å². The molecule has 4 unspecified atom stereocenters. The molecule has 0 aromatic rings.